The third-order valence-corrected chi connectivity index (χ3v) is 3.31. The summed E-state index contributed by atoms with van der Waals surface area (Å²) in [5.41, 5.74) is 5.69. The molecule has 6 heteroatoms. The van der Waals surface area contributed by atoms with E-state index in [2.05, 4.69) is 29.4 Å². The maximum Gasteiger partial charge on any atom is 0.161 e. The Kier molecular flexibility index (Phi) is 4.36. The van der Waals surface area contributed by atoms with Crippen LogP contribution < -0.4 is 16.0 Å². The fraction of sp³-hybridized carbons (Fsp3) is 0.429. The van der Waals surface area contributed by atoms with Crippen molar-refractivity contribution in [3.05, 3.63) is 41.5 Å². The average Bonchev–Trinajstić information content (AvgIpc) is 2.86. The topological polar surface area (TPSA) is 78.0 Å². The summed E-state index contributed by atoms with van der Waals surface area (Å²) in [4.78, 5) is 4.32. The minimum atomic E-state index is -0.219. The van der Waals surface area contributed by atoms with Crippen molar-refractivity contribution in [1.82, 2.24) is 20.2 Å². The minimum absolute atomic E-state index is 0.210. The van der Waals surface area contributed by atoms with Gasteiger partial charge in [-0.05, 0) is 32.4 Å². The predicted molar refractivity (Wildman–Crippen MR) is 77.3 cm³/mol. The first-order chi connectivity index (χ1) is 9.60. The number of ether oxygens (including phenoxy) is 1. The summed E-state index contributed by atoms with van der Waals surface area (Å²) < 4.78 is 7.33. The van der Waals surface area contributed by atoms with E-state index in [-0.39, 0.29) is 12.1 Å². The lowest BCUT2D eigenvalue weighted by Crippen LogP contribution is -2.32. The molecule has 108 valence electrons. The van der Waals surface area contributed by atoms with Crippen LogP contribution in [-0.2, 0) is 0 Å². The number of hydrazine groups is 1. The molecule has 3 N–H and O–H groups in total. The van der Waals surface area contributed by atoms with Gasteiger partial charge < -0.3 is 4.74 Å². The largest absolute Gasteiger partial charge is 0.493 e. The zero-order valence-corrected chi connectivity index (χ0v) is 12.3. The summed E-state index contributed by atoms with van der Waals surface area (Å²) in [6.45, 7) is 6.10. The molecular weight excluding hydrogens is 254 g/mol. The second kappa shape index (κ2) is 6.02. The number of rotatable bonds is 5. The predicted octanol–water partition coefficient (Wildman–Crippen LogP) is 1.73. The van der Waals surface area contributed by atoms with Gasteiger partial charge >= 0.3 is 0 Å². The molecule has 0 saturated carbocycles. The van der Waals surface area contributed by atoms with E-state index < -0.39 is 0 Å². The summed E-state index contributed by atoms with van der Waals surface area (Å²) in [6, 6.07) is 3.89. The van der Waals surface area contributed by atoms with Crippen molar-refractivity contribution in [2.45, 2.75) is 32.9 Å². The van der Waals surface area contributed by atoms with Gasteiger partial charge in [0.15, 0.2) is 5.75 Å². The van der Waals surface area contributed by atoms with E-state index >= 15 is 0 Å². The number of nitrogens with one attached hydrogen (secondary N) is 1. The lowest BCUT2D eigenvalue weighted by Gasteiger charge is -2.22. The normalized spacial score (nSPS) is 12.7. The van der Waals surface area contributed by atoms with Crippen LogP contribution in [0.25, 0.3) is 0 Å². The molecule has 0 aromatic carbocycles. The molecule has 0 aliphatic heterocycles. The van der Waals surface area contributed by atoms with Crippen LogP contribution >= 0.6 is 0 Å². The Balaban J connectivity index is 2.57. The Labute approximate surface area is 118 Å². The van der Waals surface area contributed by atoms with Gasteiger partial charge in [0, 0.05) is 17.9 Å². The molecule has 2 aromatic rings. The third kappa shape index (κ3) is 2.52. The zero-order chi connectivity index (χ0) is 14.7. The van der Waals surface area contributed by atoms with Crippen LogP contribution in [0.2, 0.25) is 0 Å². The van der Waals surface area contributed by atoms with Crippen molar-refractivity contribution < 1.29 is 4.74 Å². The van der Waals surface area contributed by atoms with Gasteiger partial charge in [-0.2, -0.15) is 5.10 Å². The van der Waals surface area contributed by atoms with E-state index in [1.54, 1.807) is 19.5 Å². The quantitative estimate of drug-likeness (QED) is 0.642. The molecule has 0 radical (unpaired) electrons. The average molecular weight is 275 g/mol. The molecule has 0 aliphatic rings. The molecule has 6 nitrogen and oxygen atoms in total. The monoisotopic (exact) mass is 275 g/mol. The van der Waals surface area contributed by atoms with Crippen molar-refractivity contribution in [1.29, 1.82) is 0 Å². The van der Waals surface area contributed by atoms with Crippen molar-refractivity contribution in [2.75, 3.05) is 7.11 Å². The first-order valence-electron chi connectivity index (χ1n) is 6.59. The molecule has 0 aliphatic carbocycles. The van der Waals surface area contributed by atoms with E-state index in [9.17, 15) is 0 Å². The van der Waals surface area contributed by atoms with Gasteiger partial charge in [0.25, 0.3) is 0 Å². The zero-order valence-electron chi connectivity index (χ0n) is 12.3. The molecule has 0 spiro atoms. The second-order valence-electron chi connectivity index (χ2n) is 4.91. The van der Waals surface area contributed by atoms with E-state index in [1.807, 2.05) is 23.7 Å². The minimum Gasteiger partial charge on any atom is -0.493 e. The van der Waals surface area contributed by atoms with Gasteiger partial charge in [-0.15, -0.1) is 0 Å². The lowest BCUT2D eigenvalue weighted by molar-refractivity contribution is 0.394. The highest BCUT2D eigenvalue weighted by Gasteiger charge is 2.25. The van der Waals surface area contributed by atoms with Crippen molar-refractivity contribution in [3.63, 3.8) is 0 Å². The molecule has 0 bridgehead atoms. The van der Waals surface area contributed by atoms with Crippen molar-refractivity contribution in [3.8, 4) is 5.75 Å². The van der Waals surface area contributed by atoms with E-state index in [4.69, 9.17) is 10.6 Å². The number of nitrogens with two attached hydrogens (primary N) is 1. The number of nitrogens with zero attached hydrogens (tertiary/aromatic N) is 3. The Bertz CT molecular complexity index is 579. The first kappa shape index (κ1) is 14.5. The van der Waals surface area contributed by atoms with Crippen LogP contribution in [0, 0.1) is 6.92 Å². The highest BCUT2D eigenvalue weighted by molar-refractivity contribution is 5.38. The van der Waals surface area contributed by atoms with Crippen LogP contribution in [0.15, 0.2) is 24.5 Å². The molecule has 2 heterocycles. The standard InChI is InChI=1S/C14H21N5O/c1-9(2)19-14(12(20-4)8-17-19)13(18-15)11-6-5-7-16-10(11)3/h5-9,13,18H,15H2,1-4H3. The Morgan fingerprint density at radius 1 is 1.40 bits per heavy atom. The fourth-order valence-electron chi connectivity index (χ4n) is 2.32. The SMILES string of the molecule is COc1cnn(C(C)C)c1C(NN)c1cccnc1C. The summed E-state index contributed by atoms with van der Waals surface area (Å²) in [5.74, 6) is 6.50. The van der Waals surface area contributed by atoms with Gasteiger partial charge in [0.05, 0.1) is 19.3 Å². The molecule has 2 aromatic heterocycles. The van der Waals surface area contributed by atoms with Crippen molar-refractivity contribution >= 4 is 0 Å². The van der Waals surface area contributed by atoms with E-state index in [0.717, 1.165) is 17.0 Å². The molecule has 0 amide bonds. The second-order valence-corrected chi connectivity index (χ2v) is 4.91. The van der Waals surface area contributed by atoms with Crippen LogP contribution in [0.1, 0.15) is 42.9 Å². The third-order valence-electron chi connectivity index (χ3n) is 3.31. The summed E-state index contributed by atoms with van der Waals surface area (Å²) >= 11 is 0. The molecule has 20 heavy (non-hydrogen) atoms. The fourth-order valence-corrected chi connectivity index (χ4v) is 2.32. The highest BCUT2D eigenvalue weighted by atomic mass is 16.5. The maximum absolute atomic E-state index is 5.78. The van der Waals surface area contributed by atoms with Crippen LogP contribution in [-0.4, -0.2) is 21.9 Å². The molecule has 2 rings (SSSR count). The number of hydrogen-bond donors (Lipinski definition) is 2. The molecule has 1 atom stereocenters. The Hall–Kier alpha value is -1.92. The summed E-state index contributed by atoms with van der Waals surface area (Å²) in [5, 5.41) is 4.39. The van der Waals surface area contributed by atoms with Gasteiger partial charge in [-0.3, -0.25) is 15.5 Å². The Morgan fingerprint density at radius 2 is 2.15 bits per heavy atom. The van der Waals surface area contributed by atoms with Crippen molar-refractivity contribution in [2.24, 2.45) is 5.84 Å². The van der Waals surface area contributed by atoms with Crippen LogP contribution in [0.5, 0.6) is 5.75 Å². The van der Waals surface area contributed by atoms with Crippen LogP contribution in [0.3, 0.4) is 0 Å². The van der Waals surface area contributed by atoms with Crippen LogP contribution in [0.4, 0.5) is 0 Å². The number of aryl methyl sites for hydroxylation is 1. The van der Waals surface area contributed by atoms with Gasteiger partial charge in [-0.25, -0.2) is 5.43 Å². The number of methoxy groups -OCH3 is 1. The first-order valence-corrected chi connectivity index (χ1v) is 6.59. The van der Waals surface area contributed by atoms with Gasteiger partial charge in [-0.1, -0.05) is 6.07 Å². The maximum atomic E-state index is 5.78. The Morgan fingerprint density at radius 3 is 2.70 bits per heavy atom. The van der Waals surface area contributed by atoms with Gasteiger partial charge in [0.1, 0.15) is 5.69 Å². The highest BCUT2D eigenvalue weighted by Crippen LogP contribution is 2.32. The summed E-state index contributed by atoms with van der Waals surface area (Å²) in [7, 11) is 1.63. The molecule has 1 unspecified atom stereocenters. The molecule has 0 saturated heterocycles. The number of aromatic nitrogens is 3. The van der Waals surface area contributed by atoms with E-state index in [0.29, 0.717) is 5.75 Å². The smallest absolute Gasteiger partial charge is 0.161 e. The van der Waals surface area contributed by atoms with Gasteiger partial charge in [0.2, 0.25) is 0 Å². The number of pyridine rings is 1. The van der Waals surface area contributed by atoms with E-state index in [1.165, 1.54) is 0 Å². The summed E-state index contributed by atoms with van der Waals surface area (Å²) in [6.07, 6.45) is 3.48. The molecule has 0 fully saturated rings. The number of hydrogen-bond acceptors (Lipinski definition) is 5. The molecular formula is C14H21N5O. The lowest BCUT2D eigenvalue weighted by atomic mass is 10.0.